The Balaban J connectivity index is -0.000000980. The smallest absolute Gasteiger partial charge is 1.00 e. The van der Waals surface area contributed by atoms with Crippen molar-refractivity contribution in [1.82, 2.24) is 4.90 Å². The topological polar surface area (TPSA) is 17.3 Å². The molecule has 17 heavy (non-hydrogen) atoms. The van der Waals surface area contributed by atoms with Crippen molar-refractivity contribution < 1.29 is 17.0 Å². The molecule has 0 aromatic rings. The first-order valence-electron chi connectivity index (χ1n) is 6.37. The van der Waals surface area contributed by atoms with E-state index in [-0.39, 0.29) is 40.0 Å². The van der Waals surface area contributed by atoms with E-state index >= 15 is 0 Å². The molecule has 2 nitrogen and oxygen atoms in total. The minimum atomic E-state index is 0. The fourth-order valence-electron chi connectivity index (χ4n) is 1.61. The standard InChI is InChI=1S/C13H27N2.BrH.Mg/c1-5-9-13(10-6-2)14-11-12-15(7-3)8-4;;/h9H,5-8,10-12H2,1-4H3;1H;/q-1;;+2/p-1/b13-9-;;. The molecule has 0 aromatic carbocycles. The van der Waals surface area contributed by atoms with E-state index in [4.69, 9.17) is 0 Å². The normalized spacial score (nSPS) is 10.8. The average Bonchev–Trinajstić information content (AvgIpc) is 2.25. The Bertz CT molecular complexity index is 171. The molecule has 0 rings (SSSR count). The van der Waals surface area contributed by atoms with Crippen molar-refractivity contribution in [2.75, 3.05) is 26.2 Å². The van der Waals surface area contributed by atoms with Crippen molar-refractivity contribution >= 4 is 23.1 Å². The Morgan fingerprint density at radius 1 is 1.12 bits per heavy atom. The van der Waals surface area contributed by atoms with Crippen LogP contribution in [0, 0.1) is 0 Å². The van der Waals surface area contributed by atoms with Crippen LogP contribution in [0.15, 0.2) is 11.8 Å². The van der Waals surface area contributed by atoms with E-state index in [1.54, 1.807) is 0 Å². The van der Waals surface area contributed by atoms with E-state index in [9.17, 15) is 0 Å². The molecule has 0 saturated heterocycles. The van der Waals surface area contributed by atoms with Crippen LogP contribution in [0.25, 0.3) is 5.32 Å². The summed E-state index contributed by atoms with van der Waals surface area (Å²) >= 11 is 0. The van der Waals surface area contributed by atoms with E-state index in [0.717, 1.165) is 39.0 Å². The van der Waals surface area contributed by atoms with Crippen molar-refractivity contribution in [2.24, 2.45) is 0 Å². The molecule has 0 unspecified atom stereocenters. The summed E-state index contributed by atoms with van der Waals surface area (Å²) in [5.41, 5.74) is 1.30. The van der Waals surface area contributed by atoms with Crippen LogP contribution in [0.2, 0.25) is 0 Å². The van der Waals surface area contributed by atoms with E-state index in [0.29, 0.717) is 0 Å². The van der Waals surface area contributed by atoms with Gasteiger partial charge in [-0.3, -0.25) is 0 Å². The Kier molecular flexibility index (Phi) is 22.5. The minimum absolute atomic E-state index is 0. The second-order valence-electron chi connectivity index (χ2n) is 3.76. The first kappa shape index (κ1) is 22.9. The van der Waals surface area contributed by atoms with Gasteiger partial charge >= 0.3 is 23.1 Å². The molecule has 0 bridgehead atoms. The van der Waals surface area contributed by atoms with Crippen LogP contribution in [-0.4, -0.2) is 54.1 Å². The van der Waals surface area contributed by atoms with E-state index in [2.05, 4.69) is 44.0 Å². The third kappa shape index (κ3) is 13.0. The molecule has 0 spiro atoms. The molecule has 0 saturated carbocycles. The molecule has 0 aliphatic heterocycles. The van der Waals surface area contributed by atoms with Crippen LogP contribution < -0.4 is 17.0 Å². The fourth-order valence-corrected chi connectivity index (χ4v) is 1.61. The number of likely N-dealkylation sites (N-methyl/N-ethyl adjacent to an activating group) is 1. The maximum atomic E-state index is 4.66. The van der Waals surface area contributed by atoms with Gasteiger partial charge in [0.2, 0.25) is 0 Å². The second-order valence-corrected chi connectivity index (χ2v) is 3.76. The van der Waals surface area contributed by atoms with E-state index in [1.165, 1.54) is 12.1 Å². The van der Waals surface area contributed by atoms with Crippen LogP contribution in [0.3, 0.4) is 0 Å². The number of rotatable bonds is 9. The van der Waals surface area contributed by atoms with Gasteiger partial charge in [-0.25, -0.2) is 0 Å². The summed E-state index contributed by atoms with van der Waals surface area (Å²) in [7, 11) is 0. The zero-order chi connectivity index (χ0) is 11.5. The Morgan fingerprint density at radius 2 is 1.71 bits per heavy atom. The van der Waals surface area contributed by atoms with Crippen LogP contribution in [0.5, 0.6) is 0 Å². The Morgan fingerprint density at radius 3 is 2.12 bits per heavy atom. The Labute approximate surface area is 135 Å². The number of allylic oxidation sites excluding steroid dienone is 2. The van der Waals surface area contributed by atoms with Crippen molar-refractivity contribution in [1.29, 1.82) is 0 Å². The summed E-state index contributed by atoms with van der Waals surface area (Å²) in [6.45, 7) is 13.1. The molecule has 0 N–H and O–H groups in total. The predicted octanol–water partition coefficient (Wildman–Crippen LogP) is 0.419. The molecule has 0 amide bonds. The summed E-state index contributed by atoms with van der Waals surface area (Å²) in [4.78, 5) is 2.42. The fraction of sp³-hybridized carbons (Fsp3) is 0.846. The molecule has 98 valence electrons. The number of nitrogens with zero attached hydrogens (tertiary/aromatic N) is 2. The number of halogens is 1. The molecular weight excluding hydrogens is 288 g/mol. The van der Waals surface area contributed by atoms with E-state index < -0.39 is 0 Å². The molecular formula is C13H27BrMgN2. The van der Waals surface area contributed by atoms with Gasteiger partial charge in [-0.05, 0) is 32.5 Å². The second kappa shape index (κ2) is 16.7. The average molecular weight is 316 g/mol. The summed E-state index contributed by atoms with van der Waals surface area (Å²) in [5.74, 6) is 0. The molecule has 0 radical (unpaired) electrons. The first-order chi connectivity index (χ1) is 7.28. The molecule has 0 atom stereocenters. The van der Waals surface area contributed by atoms with Gasteiger partial charge in [-0.2, -0.15) is 5.70 Å². The molecule has 0 heterocycles. The predicted molar refractivity (Wildman–Crippen MR) is 75.1 cm³/mol. The van der Waals surface area contributed by atoms with Crippen molar-refractivity contribution in [3.63, 3.8) is 0 Å². The van der Waals surface area contributed by atoms with Gasteiger partial charge in [-0.15, -0.1) is 12.6 Å². The third-order valence-electron chi connectivity index (χ3n) is 2.57. The summed E-state index contributed by atoms with van der Waals surface area (Å²) in [5, 5.41) is 4.66. The third-order valence-corrected chi connectivity index (χ3v) is 2.57. The van der Waals surface area contributed by atoms with Crippen LogP contribution in [0.1, 0.15) is 47.0 Å². The van der Waals surface area contributed by atoms with Crippen molar-refractivity contribution in [3.05, 3.63) is 17.1 Å². The van der Waals surface area contributed by atoms with Crippen molar-refractivity contribution in [2.45, 2.75) is 47.0 Å². The number of hydrogen-bond donors (Lipinski definition) is 0. The first-order valence-corrected chi connectivity index (χ1v) is 6.37. The maximum Gasteiger partial charge on any atom is 2.00 e. The molecule has 0 aliphatic rings. The minimum Gasteiger partial charge on any atom is -1.00 e. The molecule has 0 fully saturated rings. The monoisotopic (exact) mass is 314 g/mol. The summed E-state index contributed by atoms with van der Waals surface area (Å²) in [6, 6.07) is 0. The SMILES string of the molecule is CC/C=C(/CCC)[N-]CCN(CC)CC.[Br-].[Mg+2]. The van der Waals surface area contributed by atoms with Crippen LogP contribution >= 0.6 is 0 Å². The maximum absolute atomic E-state index is 4.66. The van der Waals surface area contributed by atoms with E-state index in [1.807, 2.05) is 0 Å². The van der Waals surface area contributed by atoms with Gasteiger partial charge in [0.1, 0.15) is 0 Å². The van der Waals surface area contributed by atoms with Gasteiger partial charge in [0, 0.05) is 0 Å². The van der Waals surface area contributed by atoms with Gasteiger partial charge in [0.15, 0.2) is 0 Å². The Hall–Kier alpha value is 0.746. The van der Waals surface area contributed by atoms with Gasteiger partial charge in [-0.1, -0.05) is 34.1 Å². The van der Waals surface area contributed by atoms with Crippen LogP contribution in [-0.2, 0) is 0 Å². The molecule has 0 aliphatic carbocycles. The zero-order valence-corrected chi connectivity index (χ0v) is 15.0. The number of hydrogen-bond acceptors (Lipinski definition) is 1. The largest absolute Gasteiger partial charge is 2.00 e. The summed E-state index contributed by atoms with van der Waals surface area (Å²) in [6.07, 6.45) is 5.68. The van der Waals surface area contributed by atoms with Gasteiger partial charge < -0.3 is 27.2 Å². The molecule has 0 aromatic heterocycles. The van der Waals surface area contributed by atoms with Crippen molar-refractivity contribution in [3.8, 4) is 0 Å². The quantitative estimate of drug-likeness (QED) is 0.564. The summed E-state index contributed by atoms with van der Waals surface area (Å²) < 4.78 is 0. The van der Waals surface area contributed by atoms with Gasteiger partial charge in [0.05, 0.1) is 0 Å². The van der Waals surface area contributed by atoms with Crippen LogP contribution in [0.4, 0.5) is 0 Å². The van der Waals surface area contributed by atoms with Gasteiger partial charge in [0.25, 0.3) is 0 Å². The zero-order valence-electron chi connectivity index (χ0n) is 12.0. The molecule has 4 heteroatoms.